The second-order valence-corrected chi connectivity index (χ2v) is 5.38. The molecule has 0 spiro atoms. The van der Waals surface area contributed by atoms with Crippen LogP contribution in [0.15, 0.2) is 12.1 Å². The molecule has 88 valence electrons. The van der Waals surface area contributed by atoms with Gasteiger partial charge in [-0.25, -0.2) is 0 Å². The minimum Gasteiger partial charge on any atom is -0.370 e. The normalized spacial score (nSPS) is 17.6. The van der Waals surface area contributed by atoms with Crippen molar-refractivity contribution in [2.24, 2.45) is 0 Å². The van der Waals surface area contributed by atoms with E-state index in [2.05, 4.69) is 5.32 Å². The number of carbonyl (C=O) groups is 1. The first kappa shape index (κ1) is 11.8. The van der Waals surface area contributed by atoms with Crippen LogP contribution in [0.3, 0.4) is 0 Å². The summed E-state index contributed by atoms with van der Waals surface area (Å²) in [5, 5.41) is 3.27. The first-order valence-corrected chi connectivity index (χ1v) is 6.49. The Kier molecular flexibility index (Phi) is 4.09. The number of Topliss-reactive ketones (excluding diaryl/α,β-unsaturated/α-hetero) is 1. The fourth-order valence-electron chi connectivity index (χ4n) is 1.81. The molecule has 0 aromatic carbocycles. The number of nitrogens with one attached hydrogen (secondary N) is 1. The third-order valence-electron chi connectivity index (χ3n) is 2.75. The van der Waals surface area contributed by atoms with Crippen LogP contribution >= 0.6 is 11.3 Å². The summed E-state index contributed by atoms with van der Waals surface area (Å²) < 4.78 is 5.63. The number of piperidine rings is 1. The van der Waals surface area contributed by atoms with Crippen LogP contribution in [0.4, 0.5) is 0 Å². The summed E-state index contributed by atoms with van der Waals surface area (Å²) in [4.78, 5) is 13.8. The van der Waals surface area contributed by atoms with Gasteiger partial charge in [0.25, 0.3) is 0 Å². The van der Waals surface area contributed by atoms with Gasteiger partial charge >= 0.3 is 0 Å². The third kappa shape index (κ3) is 3.14. The van der Waals surface area contributed by atoms with E-state index in [1.165, 1.54) is 4.88 Å². The molecular weight excluding hydrogens is 222 g/mol. The number of hydrogen-bond acceptors (Lipinski definition) is 4. The van der Waals surface area contributed by atoms with E-state index in [1.54, 1.807) is 11.3 Å². The number of hydrogen-bond donors (Lipinski definition) is 1. The lowest BCUT2D eigenvalue weighted by molar-refractivity contribution is 0.0320. The molecule has 1 aromatic heterocycles. The van der Waals surface area contributed by atoms with E-state index < -0.39 is 0 Å². The van der Waals surface area contributed by atoms with E-state index in [9.17, 15) is 4.79 Å². The maximum absolute atomic E-state index is 11.8. The van der Waals surface area contributed by atoms with E-state index in [0.717, 1.165) is 30.8 Å². The van der Waals surface area contributed by atoms with Crippen LogP contribution in [0.25, 0.3) is 0 Å². The molecule has 1 aromatic rings. The van der Waals surface area contributed by atoms with Gasteiger partial charge in [0.15, 0.2) is 5.78 Å². The van der Waals surface area contributed by atoms with E-state index >= 15 is 0 Å². The summed E-state index contributed by atoms with van der Waals surface area (Å²) in [7, 11) is 0. The lowest BCUT2D eigenvalue weighted by Crippen LogP contribution is -2.33. The van der Waals surface area contributed by atoms with Crippen molar-refractivity contribution in [1.82, 2.24) is 5.32 Å². The predicted molar refractivity (Wildman–Crippen MR) is 65.2 cm³/mol. The summed E-state index contributed by atoms with van der Waals surface area (Å²) in [5.74, 6) is 0.108. The van der Waals surface area contributed by atoms with E-state index in [4.69, 9.17) is 4.74 Å². The monoisotopic (exact) mass is 239 g/mol. The Morgan fingerprint density at radius 1 is 1.50 bits per heavy atom. The number of ketones is 1. The number of ether oxygens (including phenoxy) is 1. The molecule has 0 atom stereocenters. The van der Waals surface area contributed by atoms with E-state index in [1.807, 2.05) is 19.1 Å². The summed E-state index contributed by atoms with van der Waals surface area (Å²) in [5.41, 5.74) is 0. The molecule has 0 amide bonds. The van der Waals surface area contributed by atoms with Crippen molar-refractivity contribution in [3.05, 3.63) is 21.9 Å². The molecular formula is C12H17NO2S. The number of aryl methyl sites for hydroxylation is 1. The quantitative estimate of drug-likeness (QED) is 0.817. The highest BCUT2D eigenvalue weighted by molar-refractivity contribution is 7.14. The lowest BCUT2D eigenvalue weighted by atomic mass is 10.1. The maximum Gasteiger partial charge on any atom is 0.198 e. The smallest absolute Gasteiger partial charge is 0.198 e. The van der Waals surface area contributed by atoms with Crippen LogP contribution < -0.4 is 5.32 Å². The average Bonchev–Trinajstić information content (AvgIpc) is 2.74. The zero-order valence-electron chi connectivity index (χ0n) is 9.49. The summed E-state index contributed by atoms with van der Waals surface area (Å²) in [6.07, 6.45) is 2.28. The molecule has 4 heteroatoms. The van der Waals surface area contributed by atoms with Gasteiger partial charge in [-0.2, -0.15) is 0 Å². The second-order valence-electron chi connectivity index (χ2n) is 4.09. The fraction of sp³-hybridized carbons (Fsp3) is 0.583. The van der Waals surface area contributed by atoms with Crippen LogP contribution in [0, 0.1) is 6.92 Å². The molecule has 0 radical (unpaired) electrons. The highest BCUT2D eigenvalue weighted by atomic mass is 32.1. The standard InChI is InChI=1S/C12H17NO2S/c1-9-2-3-12(16-9)11(14)8-15-10-4-6-13-7-5-10/h2-3,10,13H,4-8H2,1H3. The molecule has 1 aliphatic rings. The average molecular weight is 239 g/mol. The van der Waals surface area contributed by atoms with Crippen molar-refractivity contribution in [1.29, 1.82) is 0 Å². The molecule has 0 unspecified atom stereocenters. The molecule has 2 heterocycles. The lowest BCUT2D eigenvalue weighted by Gasteiger charge is -2.22. The number of carbonyl (C=O) groups excluding carboxylic acids is 1. The first-order chi connectivity index (χ1) is 7.75. The second kappa shape index (κ2) is 5.57. The van der Waals surface area contributed by atoms with Crippen LogP contribution in [-0.4, -0.2) is 31.6 Å². The summed E-state index contributed by atoms with van der Waals surface area (Å²) in [6.45, 7) is 4.23. The van der Waals surface area contributed by atoms with Gasteiger partial charge in [-0.1, -0.05) is 0 Å². The van der Waals surface area contributed by atoms with Crippen LogP contribution in [0.5, 0.6) is 0 Å². The van der Waals surface area contributed by atoms with Gasteiger partial charge in [-0.15, -0.1) is 11.3 Å². The molecule has 3 nitrogen and oxygen atoms in total. The molecule has 1 fully saturated rings. The Morgan fingerprint density at radius 2 is 2.25 bits per heavy atom. The molecule has 0 aliphatic carbocycles. The minimum atomic E-state index is 0.108. The SMILES string of the molecule is Cc1ccc(C(=O)COC2CCNCC2)s1. The Labute approximate surface area is 99.8 Å². The van der Waals surface area contributed by atoms with E-state index in [-0.39, 0.29) is 18.5 Å². The highest BCUT2D eigenvalue weighted by Gasteiger charge is 2.16. The maximum atomic E-state index is 11.8. The molecule has 1 saturated heterocycles. The Balaban J connectivity index is 1.79. The molecule has 0 saturated carbocycles. The third-order valence-corrected chi connectivity index (χ3v) is 3.79. The topological polar surface area (TPSA) is 38.3 Å². The van der Waals surface area contributed by atoms with Gasteiger partial charge in [0, 0.05) is 4.88 Å². The molecule has 0 bridgehead atoms. The van der Waals surface area contributed by atoms with Crippen molar-refractivity contribution in [2.45, 2.75) is 25.9 Å². The summed E-state index contributed by atoms with van der Waals surface area (Å²) in [6, 6.07) is 3.86. The Bertz CT molecular complexity index is 356. The van der Waals surface area contributed by atoms with Gasteiger partial charge in [-0.3, -0.25) is 4.79 Å². The summed E-state index contributed by atoms with van der Waals surface area (Å²) >= 11 is 1.54. The van der Waals surface area contributed by atoms with Gasteiger partial charge in [-0.05, 0) is 45.0 Å². The number of rotatable bonds is 4. The van der Waals surface area contributed by atoms with Gasteiger partial charge in [0.2, 0.25) is 0 Å². The molecule has 16 heavy (non-hydrogen) atoms. The first-order valence-electron chi connectivity index (χ1n) is 5.67. The highest BCUT2D eigenvalue weighted by Crippen LogP contribution is 2.16. The van der Waals surface area contributed by atoms with Gasteiger partial charge in [0.1, 0.15) is 6.61 Å². The molecule has 2 rings (SSSR count). The largest absolute Gasteiger partial charge is 0.370 e. The van der Waals surface area contributed by atoms with Gasteiger partial charge in [0.05, 0.1) is 11.0 Å². The number of thiophene rings is 1. The minimum absolute atomic E-state index is 0.108. The molecule has 1 aliphatic heterocycles. The zero-order valence-corrected chi connectivity index (χ0v) is 10.3. The fourth-order valence-corrected chi connectivity index (χ4v) is 2.60. The van der Waals surface area contributed by atoms with Gasteiger partial charge < -0.3 is 10.1 Å². The van der Waals surface area contributed by atoms with Crippen LogP contribution in [0.2, 0.25) is 0 Å². The van der Waals surface area contributed by atoms with Crippen LogP contribution in [0.1, 0.15) is 27.4 Å². The van der Waals surface area contributed by atoms with E-state index in [0.29, 0.717) is 0 Å². The predicted octanol–water partition coefficient (Wildman–Crippen LogP) is 2.01. The van der Waals surface area contributed by atoms with Crippen molar-refractivity contribution >= 4 is 17.1 Å². The Morgan fingerprint density at radius 3 is 2.88 bits per heavy atom. The van der Waals surface area contributed by atoms with Crippen molar-refractivity contribution in [3.63, 3.8) is 0 Å². The molecule has 1 N–H and O–H groups in total. The van der Waals surface area contributed by atoms with Crippen molar-refractivity contribution < 1.29 is 9.53 Å². The Hall–Kier alpha value is -0.710. The van der Waals surface area contributed by atoms with Crippen molar-refractivity contribution in [2.75, 3.05) is 19.7 Å². The zero-order chi connectivity index (χ0) is 11.4. The van der Waals surface area contributed by atoms with Crippen molar-refractivity contribution in [3.8, 4) is 0 Å². The van der Waals surface area contributed by atoms with Crippen LogP contribution in [-0.2, 0) is 4.74 Å².